The monoisotopic (exact) mass is 741 g/mol. The highest BCUT2D eigenvalue weighted by atomic mass is 16.4. The van der Waals surface area contributed by atoms with E-state index in [0.717, 1.165) is 68.9 Å². The van der Waals surface area contributed by atoms with E-state index in [1.54, 1.807) is 12.1 Å². The number of Topliss-reactive ketones (excluding diaryl/α,β-unsaturated/α-hetero) is 1. The first-order chi connectivity index (χ1) is 25.3. The molecule has 0 spiro atoms. The summed E-state index contributed by atoms with van der Waals surface area (Å²) < 4.78 is 0. The number of carboxylic acid groups (broad SMARTS) is 1. The molecule has 4 saturated carbocycles. The summed E-state index contributed by atoms with van der Waals surface area (Å²) in [6.45, 7) is 18.2. The predicted molar refractivity (Wildman–Crippen MR) is 215 cm³/mol. The molecule has 0 bridgehead atoms. The lowest BCUT2D eigenvalue weighted by atomic mass is 9.33. The summed E-state index contributed by atoms with van der Waals surface area (Å²) in [5.41, 5.74) is 4.54. The van der Waals surface area contributed by atoms with Gasteiger partial charge in [-0.3, -0.25) is 9.59 Å². The van der Waals surface area contributed by atoms with Gasteiger partial charge in [-0.15, -0.1) is 0 Å². The Bertz CT molecular complexity index is 1740. The maximum atomic E-state index is 14.2. The molecule has 7 heteroatoms. The molecule has 7 nitrogen and oxygen atoms in total. The Morgan fingerprint density at radius 3 is 2.17 bits per heavy atom. The van der Waals surface area contributed by atoms with E-state index in [-0.39, 0.29) is 45.2 Å². The second-order valence-corrected chi connectivity index (χ2v) is 20.6. The molecule has 0 unspecified atom stereocenters. The number of benzene rings is 1. The molecule has 4 fully saturated rings. The Morgan fingerprint density at radius 2 is 1.57 bits per heavy atom. The van der Waals surface area contributed by atoms with Gasteiger partial charge in [0.1, 0.15) is 0 Å². The zero-order valence-electron chi connectivity index (χ0n) is 34.8. The van der Waals surface area contributed by atoms with Gasteiger partial charge in [0.05, 0.1) is 18.2 Å². The highest BCUT2D eigenvalue weighted by Crippen LogP contribution is 2.77. The number of aromatic carboxylic acids is 1. The van der Waals surface area contributed by atoms with Crippen molar-refractivity contribution in [2.75, 3.05) is 33.7 Å². The van der Waals surface area contributed by atoms with Gasteiger partial charge in [0, 0.05) is 24.9 Å². The van der Waals surface area contributed by atoms with Gasteiger partial charge >= 0.3 is 5.97 Å². The summed E-state index contributed by atoms with van der Waals surface area (Å²) in [4.78, 5) is 43.4. The molecule has 0 heterocycles. The molecule has 0 aliphatic heterocycles. The van der Waals surface area contributed by atoms with Crippen LogP contribution in [0.2, 0.25) is 0 Å². The van der Waals surface area contributed by atoms with Crippen LogP contribution in [0.1, 0.15) is 135 Å². The number of likely N-dealkylation sites (N-methyl/N-ethyl adjacent to an activating group) is 1. The van der Waals surface area contributed by atoms with Crippen LogP contribution in [0.3, 0.4) is 0 Å². The molecule has 8 atom stereocenters. The van der Waals surface area contributed by atoms with E-state index < -0.39 is 17.5 Å². The molecule has 6 aliphatic carbocycles. The average Bonchev–Trinajstić information content (AvgIpc) is 3.38. The summed E-state index contributed by atoms with van der Waals surface area (Å²) in [5.74, 6) is 1.25. The first-order valence-electron chi connectivity index (χ1n) is 21.2. The summed E-state index contributed by atoms with van der Waals surface area (Å²) in [6, 6.07) is 7.47. The number of nitrogens with zero attached hydrogens (tertiary/aromatic N) is 2. The summed E-state index contributed by atoms with van der Waals surface area (Å²) in [5, 5.41) is 22.1. The van der Waals surface area contributed by atoms with Gasteiger partial charge in [-0.2, -0.15) is 0 Å². The Morgan fingerprint density at radius 1 is 0.889 bits per heavy atom. The van der Waals surface area contributed by atoms with Gasteiger partial charge in [-0.25, -0.2) is 4.79 Å². The molecule has 0 aromatic heterocycles. The molecule has 6 aliphatic rings. The van der Waals surface area contributed by atoms with Crippen molar-refractivity contribution in [2.24, 2.45) is 56.7 Å². The Kier molecular flexibility index (Phi) is 10.0. The number of aliphatic hydroxyl groups is 1. The van der Waals surface area contributed by atoms with E-state index in [9.17, 15) is 24.6 Å². The van der Waals surface area contributed by atoms with E-state index in [1.165, 1.54) is 17.6 Å². The zero-order chi connectivity index (χ0) is 39.2. The molecule has 296 valence electrons. The van der Waals surface area contributed by atoms with Crippen LogP contribution in [0, 0.1) is 56.7 Å². The van der Waals surface area contributed by atoms with E-state index in [2.05, 4.69) is 54.5 Å². The van der Waals surface area contributed by atoms with Gasteiger partial charge < -0.3 is 20.0 Å². The molecule has 7 rings (SSSR count). The lowest BCUT2D eigenvalue weighted by Gasteiger charge is -2.71. The fraction of sp³-hybridized carbons (Fsp3) is 0.723. The first-order valence-corrected chi connectivity index (χ1v) is 21.2. The van der Waals surface area contributed by atoms with Crippen molar-refractivity contribution >= 4 is 23.2 Å². The number of carbonyl (C=O) groups is 3. The van der Waals surface area contributed by atoms with Crippen molar-refractivity contribution in [1.82, 2.24) is 9.80 Å². The Hall–Kier alpha value is -2.77. The van der Waals surface area contributed by atoms with Crippen molar-refractivity contribution in [1.29, 1.82) is 0 Å². The molecule has 0 saturated heterocycles. The van der Waals surface area contributed by atoms with Gasteiger partial charge in [0.25, 0.3) is 0 Å². The minimum absolute atomic E-state index is 0.0135. The van der Waals surface area contributed by atoms with E-state index >= 15 is 0 Å². The lowest BCUT2D eigenvalue weighted by Crippen LogP contribution is -2.65. The van der Waals surface area contributed by atoms with Crippen LogP contribution >= 0.6 is 0 Å². The molecule has 0 radical (unpaired) electrons. The lowest BCUT2D eigenvalue weighted by molar-refractivity contribution is -0.200. The van der Waals surface area contributed by atoms with Crippen molar-refractivity contribution in [2.45, 2.75) is 125 Å². The topological polar surface area (TPSA) is 98.2 Å². The fourth-order valence-electron chi connectivity index (χ4n) is 14.0. The normalized spacial score (nSPS) is 36.5. The molecular weight excluding hydrogens is 673 g/mol. The number of carboxylic acids is 1. The fourth-order valence-corrected chi connectivity index (χ4v) is 14.0. The Labute approximate surface area is 325 Å². The average molecular weight is 741 g/mol. The number of fused-ring (bicyclic) bond motifs is 7. The maximum absolute atomic E-state index is 14.2. The van der Waals surface area contributed by atoms with Crippen molar-refractivity contribution < 1.29 is 24.6 Å². The summed E-state index contributed by atoms with van der Waals surface area (Å²) >= 11 is 0. The third-order valence-corrected chi connectivity index (χ3v) is 17.0. The number of amides is 1. The van der Waals surface area contributed by atoms with Gasteiger partial charge in [0.15, 0.2) is 5.78 Å². The number of hydrogen-bond acceptors (Lipinski definition) is 5. The summed E-state index contributed by atoms with van der Waals surface area (Å²) in [7, 11) is 3.86. The van der Waals surface area contributed by atoms with E-state index in [0.29, 0.717) is 49.4 Å². The van der Waals surface area contributed by atoms with Crippen LogP contribution in [0.5, 0.6) is 0 Å². The van der Waals surface area contributed by atoms with Gasteiger partial charge in [-0.05, 0) is 152 Å². The third kappa shape index (κ3) is 5.91. The number of ketones is 1. The number of aliphatic hydroxyl groups excluding tert-OH is 1. The SMILES string of the molecule is CC(C)C1=C2[C@H]3CC[C@@H]4[C@@]5(C)CC=C(c6ccc(C(=O)O)cc6)C(C)(C)[C@@H]5CC[C@@]4(C)[C@]3(C)CC[C@@]2([C@@H](O)CN(CC2CCC2)C(=O)CN(C)C)CC1=O. The van der Waals surface area contributed by atoms with Crippen molar-refractivity contribution in [3.05, 3.63) is 52.6 Å². The second-order valence-electron chi connectivity index (χ2n) is 20.6. The quantitative estimate of drug-likeness (QED) is 0.249. The standard InChI is InChI=1S/C47H68N2O5/c1-29(2)40-35(50)25-47(38(51)27-49(26-30-11-10-12-30)39(52)28-48(8)9)24-23-45(6)34(41(40)47)17-18-37-44(5)21-19-33(31-13-15-32(16-14-31)42(53)54)43(3,4)36(44)20-22-46(37,45)7/h13-16,19,29-30,34,36-38,51H,10-12,17-18,20-28H2,1-9H3,(H,53,54)/t34-,36+,37-,38+,44+,45-,46-,47+/m1/s1. The van der Waals surface area contributed by atoms with Crippen LogP contribution < -0.4 is 0 Å². The largest absolute Gasteiger partial charge is 0.478 e. The van der Waals surface area contributed by atoms with Crippen molar-refractivity contribution in [3.8, 4) is 0 Å². The van der Waals surface area contributed by atoms with Crippen LogP contribution in [-0.2, 0) is 9.59 Å². The molecule has 2 N–H and O–H groups in total. The van der Waals surface area contributed by atoms with Crippen LogP contribution in [-0.4, -0.2) is 77.5 Å². The van der Waals surface area contributed by atoms with Crippen LogP contribution in [0.25, 0.3) is 5.57 Å². The number of allylic oxidation sites excluding steroid dienone is 3. The second kappa shape index (κ2) is 13.7. The highest BCUT2D eigenvalue weighted by molar-refractivity contribution is 6.01. The minimum atomic E-state index is -0.893. The highest BCUT2D eigenvalue weighted by Gasteiger charge is 2.70. The molecule has 54 heavy (non-hydrogen) atoms. The molecule has 1 aromatic rings. The maximum Gasteiger partial charge on any atom is 0.335 e. The number of carbonyl (C=O) groups excluding carboxylic acids is 2. The van der Waals surface area contributed by atoms with Crippen LogP contribution in [0.4, 0.5) is 0 Å². The molecular formula is C47H68N2O5. The van der Waals surface area contributed by atoms with E-state index in [1.807, 2.05) is 36.0 Å². The van der Waals surface area contributed by atoms with Crippen molar-refractivity contribution in [3.63, 3.8) is 0 Å². The Balaban J connectivity index is 1.22. The minimum Gasteiger partial charge on any atom is -0.478 e. The number of hydrogen-bond donors (Lipinski definition) is 2. The number of rotatable bonds is 10. The van der Waals surface area contributed by atoms with Gasteiger partial charge in [0.2, 0.25) is 5.91 Å². The first kappa shape index (κ1) is 39.5. The van der Waals surface area contributed by atoms with Crippen LogP contribution in [0.15, 0.2) is 41.5 Å². The van der Waals surface area contributed by atoms with E-state index in [4.69, 9.17) is 0 Å². The molecule has 1 amide bonds. The zero-order valence-corrected chi connectivity index (χ0v) is 34.8. The third-order valence-electron chi connectivity index (χ3n) is 17.0. The molecule has 1 aromatic carbocycles. The predicted octanol–water partition coefficient (Wildman–Crippen LogP) is 8.91. The van der Waals surface area contributed by atoms with Gasteiger partial charge in [-0.1, -0.05) is 78.7 Å². The summed E-state index contributed by atoms with van der Waals surface area (Å²) in [6.07, 6.45) is 12.8. The smallest absolute Gasteiger partial charge is 0.335 e.